The molecule has 3 nitrogen and oxygen atoms in total. The van der Waals surface area contributed by atoms with E-state index in [2.05, 4.69) is 9.97 Å². The van der Waals surface area contributed by atoms with Gasteiger partial charge in [-0.1, -0.05) is 18.2 Å². The van der Waals surface area contributed by atoms with E-state index < -0.39 is 0 Å². The topological polar surface area (TPSA) is 45.8 Å². The van der Waals surface area contributed by atoms with Gasteiger partial charge in [0.1, 0.15) is 11.6 Å². The Bertz CT molecular complexity index is 824. The molecule has 0 unspecified atom stereocenters. The Kier molecular flexibility index (Phi) is 2.63. The van der Waals surface area contributed by atoms with Crippen LogP contribution in [0.3, 0.4) is 0 Å². The molecule has 0 aliphatic heterocycles. The third kappa shape index (κ3) is 2.12. The fraction of sp³-hybridized carbons (Fsp3) is 0.0667. The first-order chi connectivity index (χ1) is 9.13. The predicted octanol–water partition coefficient (Wildman–Crippen LogP) is 3.04. The molecule has 3 aromatic rings. The fourth-order valence-corrected chi connectivity index (χ4v) is 2.02. The quantitative estimate of drug-likeness (QED) is 0.725. The van der Waals surface area contributed by atoms with E-state index in [4.69, 9.17) is 0 Å². The lowest BCUT2D eigenvalue weighted by Crippen LogP contribution is -2.09. The number of nitrogens with one attached hydrogen (secondary N) is 1. The minimum atomic E-state index is -0.357. The third-order valence-electron chi connectivity index (χ3n) is 2.96. The smallest absolute Gasteiger partial charge is 0.259 e. The number of benzene rings is 2. The van der Waals surface area contributed by atoms with Gasteiger partial charge in [0.25, 0.3) is 5.56 Å². The van der Waals surface area contributed by atoms with Gasteiger partial charge >= 0.3 is 0 Å². The maximum atomic E-state index is 13.2. The number of H-pyrrole nitrogens is 1. The molecule has 0 amide bonds. The molecule has 0 spiro atoms. The molecule has 0 aliphatic rings. The fourth-order valence-electron chi connectivity index (χ4n) is 2.02. The number of fused-ring (bicyclic) bond motifs is 1. The molecule has 1 aromatic heterocycles. The molecule has 1 heterocycles. The Balaban J connectivity index is 2.28. The standard InChI is InChI=1S/C15H11FN2O/c1-9-5-6-12-13(7-9)17-14(18-15(12)19)10-3-2-4-11(16)8-10/h2-8H,1H3,(H,17,18,19). The first-order valence-corrected chi connectivity index (χ1v) is 5.90. The average Bonchev–Trinajstić information content (AvgIpc) is 2.38. The maximum absolute atomic E-state index is 13.2. The summed E-state index contributed by atoms with van der Waals surface area (Å²) < 4.78 is 13.2. The van der Waals surface area contributed by atoms with E-state index in [1.54, 1.807) is 18.2 Å². The first-order valence-electron chi connectivity index (χ1n) is 5.90. The number of rotatable bonds is 1. The molecule has 19 heavy (non-hydrogen) atoms. The molecule has 0 fully saturated rings. The highest BCUT2D eigenvalue weighted by molar-refractivity contribution is 5.80. The molecule has 0 atom stereocenters. The van der Waals surface area contributed by atoms with Gasteiger partial charge in [-0.15, -0.1) is 0 Å². The number of halogens is 1. The summed E-state index contributed by atoms with van der Waals surface area (Å²) in [7, 11) is 0. The Morgan fingerprint density at radius 2 is 2.00 bits per heavy atom. The maximum Gasteiger partial charge on any atom is 0.259 e. The number of aryl methyl sites for hydroxylation is 1. The summed E-state index contributed by atoms with van der Waals surface area (Å²) in [5.41, 5.74) is 1.98. The summed E-state index contributed by atoms with van der Waals surface area (Å²) in [5.74, 6) is 0.0205. The summed E-state index contributed by atoms with van der Waals surface area (Å²) in [6.07, 6.45) is 0. The van der Waals surface area contributed by atoms with Gasteiger partial charge in [0.15, 0.2) is 0 Å². The van der Waals surface area contributed by atoms with Crippen LogP contribution in [-0.2, 0) is 0 Å². The van der Waals surface area contributed by atoms with Crippen LogP contribution in [0.4, 0.5) is 4.39 Å². The van der Waals surface area contributed by atoms with Gasteiger partial charge < -0.3 is 4.98 Å². The van der Waals surface area contributed by atoms with Gasteiger partial charge in [-0.05, 0) is 36.8 Å². The molecule has 94 valence electrons. The highest BCUT2D eigenvalue weighted by Gasteiger charge is 2.06. The van der Waals surface area contributed by atoms with Crippen molar-refractivity contribution in [2.45, 2.75) is 6.92 Å². The largest absolute Gasteiger partial charge is 0.306 e. The zero-order valence-electron chi connectivity index (χ0n) is 10.3. The Hall–Kier alpha value is -2.49. The number of nitrogens with zero attached hydrogens (tertiary/aromatic N) is 1. The Morgan fingerprint density at radius 3 is 2.79 bits per heavy atom. The van der Waals surface area contributed by atoms with Crippen molar-refractivity contribution < 1.29 is 4.39 Å². The van der Waals surface area contributed by atoms with Crippen molar-refractivity contribution >= 4 is 10.9 Å². The van der Waals surface area contributed by atoms with Crippen LogP contribution in [0.15, 0.2) is 47.3 Å². The summed E-state index contributed by atoms with van der Waals surface area (Å²) in [4.78, 5) is 19.0. The van der Waals surface area contributed by atoms with E-state index in [9.17, 15) is 9.18 Å². The number of hydrogen-bond donors (Lipinski definition) is 1. The van der Waals surface area contributed by atoms with Gasteiger partial charge in [-0.2, -0.15) is 0 Å². The van der Waals surface area contributed by atoms with Crippen molar-refractivity contribution in [3.8, 4) is 11.4 Å². The van der Waals surface area contributed by atoms with E-state index in [0.29, 0.717) is 22.3 Å². The normalized spacial score (nSPS) is 10.8. The lowest BCUT2D eigenvalue weighted by Gasteiger charge is -2.04. The van der Waals surface area contributed by atoms with Crippen LogP contribution in [0.2, 0.25) is 0 Å². The molecular formula is C15H11FN2O. The van der Waals surface area contributed by atoms with E-state index in [-0.39, 0.29) is 11.4 Å². The molecule has 0 aliphatic carbocycles. The minimum Gasteiger partial charge on any atom is -0.306 e. The van der Waals surface area contributed by atoms with E-state index >= 15 is 0 Å². The third-order valence-corrected chi connectivity index (χ3v) is 2.96. The molecule has 3 rings (SSSR count). The Morgan fingerprint density at radius 1 is 1.16 bits per heavy atom. The molecule has 2 aromatic carbocycles. The van der Waals surface area contributed by atoms with E-state index in [1.165, 1.54) is 12.1 Å². The van der Waals surface area contributed by atoms with Crippen LogP contribution in [0.25, 0.3) is 22.3 Å². The zero-order valence-corrected chi connectivity index (χ0v) is 10.3. The van der Waals surface area contributed by atoms with Crippen LogP contribution >= 0.6 is 0 Å². The minimum absolute atomic E-state index is 0.218. The summed E-state index contributed by atoms with van der Waals surface area (Å²) in [6.45, 7) is 1.93. The van der Waals surface area contributed by atoms with Crippen molar-refractivity contribution in [1.29, 1.82) is 0 Å². The lowest BCUT2D eigenvalue weighted by molar-refractivity contribution is 0.628. The van der Waals surface area contributed by atoms with Crippen LogP contribution in [0, 0.1) is 12.7 Å². The summed E-state index contributed by atoms with van der Waals surface area (Å²) >= 11 is 0. The van der Waals surface area contributed by atoms with E-state index in [0.717, 1.165) is 5.56 Å². The average molecular weight is 254 g/mol. The molecular weight excluding hydrogens is 243 g/mol. The van der Waals surface area contributed by atoms with Crippen molar-refractivity contribution in [2.24, 2.45) is 0 Å². The van der Waals surface area contributed by atoms with Crippen LogP contribution in [-0.4, -0.2) is 9.97 Å². The summed E-state index contributed by atoms with van der Waals surface area (Å²) in [6, 6.07) is 11.4. The lowest BCUT2D eigenvalue weighted by atomic mass is 10.1. The SMILES string of the molecule is Cc1ccc2c(=O)[nH]c(-c3cccc(F)c3)nc2c1. The molecule has 0 radical (unpaired) electrons. The van der Waals surface area contributed by atoms with Gasteiger partial charge in [0.2, 0.25) is 0 Å². The van der Waals surface area contributed by atoms with Crippen molar-refractivity contribution in [3.63, 3.8) is 0 Å². The van der Waals surface area contributed by atoms with Crippen LogP contribution in [0.1, 0.15) is 5.56 Å². The first kappa shape index (κ1) is 11.6. The van der Waals surface area contributed by atoms with Crippen LogP contribution in [0.5, 0.6) is 0 Å². The number of hydrogen-bond acceptors (Lipinski definition) is 2. The van der Waals surface area contributed by atoms with Gasteiger partial charge in [-0.25, -0.2) is 9.37 Å². The monoisotopic (exact) mass is 254 g/mol. The van der Waals surface area contributed by atoms with E-state index in [1.807, 2.05) is 19.1 Å². The molecule has 0 saturated carbocycles. The molecule has 1 N–H and O–H groups in total. The Labute approximate surface area is 108 Å². The van der Waals surface area contributed by atoms with Gasteiger partial charge in [0, 0.05) is 5.56 Å². The molecule has 0 bridgehead atoms. The second-order valence-corrected chi connectivity index (χ2v) is 4.45. The molecule has 0 saturated heterocycles. The zero-order chi connectivity index (χ0) is 13.4. The summed E-state index contributed by atoms with van der Waals surface area (Å²) in [5, 5.41) is 0.533. The number of aromatic amines is 1. The predicted molar refractivity (Wildman–Crippen MR) is 72.5 cm³/mol. The van der Waals surface area contributed by atoms with Crippen LogP contribution < -0.4 is 5.56 Å². The van der Waals surface area contributed by atoms with Crippen molar-refractivity contribution in [2.75, 3.05) is 0 Å². The highest BCUT2D eigenvalue weighted by Crippen LogP contribution is 2.17. The van der Waals surface area contributed by atoms with Gasteiger partial charge in [-0.3, -0.25) is 4.79 Å². The van der Waals surface area contributed by atoms with Crippen molar-refractivity contribution in [3.05, 3.63) is 64.2 Å². The van der Waals surface area contributed by atoms with Gasteiger partial charge in [0.05, 0.1) is 10.9 Å². The second kappa shape index (κ2) is 4.31. The second-order valence-electron chi connectivity index (χ2n) is 4.45. The highest BCUT2D eigenvalue weighted by atomic mass is 19.1. The number of aromatic nitrogens is 2. The molecule has 4 heteroatoms. The van der Waals surface area contributed by atoms with Crippen molar-refractivity contribution in [1.82, 2.24) is 9.97 Å².